The predicted molar refractivity (Wildman–Crippen MR) is 77.3 cm³/mol. The normalized spacial score (nSPS) is 10.1. The smallest absolute Gasteiger partial charge is 0.339 e. The lowest BCUT2D eigenvalue weighted by Gasteiger charge is -2.08. The van der Waals surface area contributed by atoms with E-state index in [1.807, 2.05) is 0 Å². The molecule has 0 saturated heterocycles. The van der Waals surface area contributed by atoms with E-state index in [4.69, 9.17) is 16.7 Å². The SMILES string of the molecule is O=C(Nc1cccc(Cl)c1C(=O)O)c1csc([N+](=O)[O-])c1. The van der Waals surface area contributed by atoms with E-state index in [0.717, 1.165) is 17.4 Å². The number of halogens is 1. The minimum atomic E-state index is -1.29. The Bertz CT molecular complexity index is 743. The van der Waals surface area contributed by atoms with Gasteiger partial charge in [0.2, 0.25) is 0 Å². The van der Waals surface area contributed by atoms with Crippen LogP contribution in [0.25, 0.3) is 0 Å². The van der Waals surface area contributed by atoms with Gasteiger partial charge in [-0.1, -0.05) is 29.0 Å². The summed E-state index contributed by atoms with van der Waals surface area (Å²) in [4.78, 5) is 33.1. The molecule has 0 unspecified atom stereocenters. The Morgan fingerprint density at radius 3 is 2.67 bits per heavy atom. The van der Waals surface area contributed by atoms with Crippen LogP contribution in [0, 0.1) is 10.1 Å². The van der Waals surface area contributed by atoms with Crippen molar-refractivity contribution >= 4 is 45.5 Å². The minimum absolute atomic E-state index is 0.0170. The van der Waals surface area contributed by atoms with Crippen LogP contribution in [0.1, 0.15) is 20.7 Å². The second-order valence-corrected chi connectivity index (χ2v) is 5.15. The van der Waals surface area contributed by atoms with Gasteiger partial charge in [-0.25, -0.2) is 4.79 Å². The average Bonchev–Trinajstić information content (AvgIpc) is 2.88. The van der Waals surface area contributed by atoms with E-state index in [1.54, 1.807) is 0 Å². The molecule has 0 radical (unpaired) electrons. The van der Waals surface area contributed by atoms with Gasteiger partial charge in [0, 0.05) is 11.4 Å². The van der Waals surface area contributed by atoms with Crippen molar-refractivity contribution in [3.8, 4) is 0 Å². The van der Waals surface area contributed by atoms with Crippen molar-refractivity contribution < 1.29 is 19.6 Å². The van der Waals surface area contributed by atoms with E-state index in [1.165, 1.54) is 23.6 Å². The molecule has 1 amide bonds. The number of anilines is 1. The summed E-state index contributed by atoms with van der Waals surface area (Å²) >= 11 is 6.59. The lowest BCUT2D eigenvalue weighted by atomic mass is 10.1. The van der Waals surface area contributed by atoms with Crippen LogP contribution in [0.4, 0.5) is 10.7 Å². The van der Waals surface area contributed by atoms with Crippen molar-refractivity contribution in [1.29, 1.82) is 0 Å². The van der Waals surface area contributed by atoms with Crippen LogP contribution in [0.5, 0.6) is 0 Å². The Hall–Kier alpha value is -2.45. The highest BCUT2D eigenvalue weighted by atomic mass is 35.5. The Balaban J connectivity index is 2.29. The number of benzene rings is 1. The molecule has 1 aromatic heterocycles. The van der Waals surface area contributed by atoms with Gasteiger partial charge in [-0.3, -0.25) is 14.9 Å². The molecule has 0 aliphatic carbocycles. The third-order valence-electron chi connectivity index (χ3n) is 2.50. The van der Waals surface area contributed by atoms with Crippen LogP contribution in [0.15, 0.2) is 29.6 Å². The fourth-order valence-corrected chi connectivity index (χ4v) is 2.54. The molecule has 0 aliphatic heterocycles. The van der Waals surface area contributed by atoms with Gasteiger partial charge in [-0.2, -0.15) is 0 Å². The van der Waals surface area contributed by atoms with Crippen molar-refractivity contribution in [2.75, 3.05) is 5.32 Å². The fourth-order valence-electron chi connectivity index (χ4n) is 1.58. The van der Waals surface area contributed by atoms with E-state index >= 15 is 0 Å². The number of carbonyl (C=O) groups is 2. The Morgan fingerprint density at radius 1 is 1.38 bits per heavy atom. The van der Waals surface area contributed by atoms with E-state index in [2.05, 4.69) is 5.32 Å². The number of hydrogen-bond donors (Lipinski definition) is 2. The molecule has 0 fully saturated rings. The first-order valence-corrected chi connectivity index (χ1v) is 6.72. The van der Waals surface area contributed by atoms with Crippen molar-refractivity contribution in [2.45, 2.75) is 0 Å². The number of amides is 1. The first-order chi connectivity index (χ1) is 9.90. The average molecular weight is 327 g/mol. The summed E-state index contributed by atoms with van der Waals surface area (Å²) in [6.07, 6.45) is 0. The van der Waals surface area contributed by atoms with E-state index < -0.39 is 16.8 Å². The van der Waals surface area contributed by atoms with Crippen molar-refractivity contribution in [3.05, 3.63) is 55.9 Å². The summed E-state index contributed by atoms with van der Waals surface area (Å²) in [5.74, 6) is -1.93. The number of rotatable bonds is 4. The fraction of sp³-hybridized carbons (Fsp3) is 0. The molecule has 1 heterocycles. The minimum Gasteiger partial charge on any atom is -0.478 e. The molecule has 2 N–H and O–H groups in total. The Kier molecular flexibility index (Phi) is 4.20. The van der Waals surface area contributed by atoms with Crippen LogP contribution in [0.2, 0.25) is 5.02 Å². The first kappa shape index (κ1) is 14.9. The molecule has 21 heavy (non-hydrogen) atoms. The second-order valence-electron chi connectivity index (χ2n) is 3.85. The molecule has 0 saturated carbocycles. The number of aromatic carboxylic acids is 1. The predicted octanol–water partition coefficient (Wildman–Crippen LogP) is 3.26. The molecule has 2 aromatic rings. The standard InChI is InChI=1S/C12H7ClN2O5S/c13-7-2-1-3-8(10(7)12(17)18)14-11(16)6-4-9(15(19)20)21-5-6/h1-5H,(H,14,16)(H,17,18). The summed E-state index contributed by atoms with van der Waals surface area (Å²) in [6, 6.07) is 5.37. The van der Waals surface area contributed by atoms with Gasteiger partial charge < -0.3 is 10.4 Å². The zero-order chi connectivity index (χ0) is 15.6. The topological polar surface area (TPSA) is 110 Å². The number of carbonyl (C=O) groups excluding carboxylic acids is 1. The molecule has 0 bridgehead atoms. The summed E-state index contributed by atoms with van der Waals surface area (Å²) in [5, 5.41) is 23.2. The van der Waals surface area contributed by atoms with Crippen molar-refractivity contribution in [3.63, 3.8) is 0 Å². The molecule has 108 valence electrons. The molecule has 7 nitrogen and oxygen atoms in total. The van der Waals surface area contributed by atoms with Gasteiger partial charge in [-0.05, 0) is 12.1 Å². The Labute approximate surface area is 126 Å². The largest absolute Gasteiger partial charge is 0.478 e. The zero-order valence-electron chi connectivity index (χ0n) is 10.2. The number of nitro groups is 1. The van der Waals surface area contributed by atoms with Crippen LogP contribution < -0.4 is 5.32 Å². The third kappa shape index (κ3) is 3.18. The van der Waals surface area contributed by atoms with Crippen LogP contribution in [0.3, 0.4) is 0 Å². The molecular weight excluding hydrogens is 320 g/mol. The van der Waals surface area contributed by atoms with Crippen LogP contribution in [-0.2, 0) is 0 Å². The second kappa shape index (κ2) is 5.90. The summed E-state index contributed by atoms with van der Waals surface area (Å²) < 4.78 is 0. The quantitative estimate of drug-likeness (QED) is 0.662. The van der Waals surface area contributed by atoms with E-state index in [-0.39, 0.29) is 26.8 Å². The number of thiophene rings is 1. The summed E-state index contributed by atoms with van der Waals surface area (Å²) in [6.45, 7) is 0. The van der Waals surface area contributed by atoms with Crippen molar-refractivity contribution in [1.82, 2.24) is 0 Å². The molecule has 0 atom stereocenters. The molecule has 9 heteroatoms. The lowest BCUT2D eigenvalue weighted by molar-refractivity contribution is -0.380. The highest BCUT2D eigenvalue weighted by Gasteiger charge is 2.19. The van der Waals surface area contributed by atoms with E-state index in [0.29, 0.717) is 0 Å². The molecule has 2 rings (SSSR count). The summed E-state index contributed by atoms with van der Waals surface area (Å²) in [5.41, 5.74) is -0.144. The number of nitrogens with zero attached hydrogens (tertiary/aromatic N) is 1. The lowest BCUT2D eigenvalue weighted by Crippen LogP contribution is -2.14. The van der Waals surface area contributed by atoms with Crippen molar-refractivity contribution in [2.24, 2.45) is 0 Å². The highest BCUT2D eigenvalue weighted by Crippen LogP contribution is 2.27. The Morgan fingerprint density at radius 2 is 2.10 bits per heavy atom. The van der Waals surface area contributed by atoms with Gasteiger partial charge in [0.25, 0.3) is 5.91 Å². The number of carboxylic acid groups (broad SMARTS) is 1. The maximum absolute atomic E-state index is 12.0. The van der Waals surface area contributed by atoms with Gasteiger partial charge in [0.1, 0.15) is 5.56 Å². The molecular formula is C12H7ClN2O5S. The maximum atomic E-state index is 12.0. The molecule has 0 spiro atoms. The van der Waals surface area contributed by atoms with Gasteiger partial charge in [0.15, 0.2) is 0 Å². The summed E-state index contributed by atoms with van der Waals surface area (Å²) in [7, 11) is 0. The van der Waals surface area contributed by atoms with Gasteiger partial charge >= 0.3 is 11.0 Å². The number of hydrogen-bond acceptors (Lipinski definition) is 5. The maximum Gasteiger partial charge on any atom is 0.339 e. The first-order valence-electron chi connectivity index (χ1n) is 5.46. The van der Waals surface area contributed by atoms with Crippen LogP contribution in [-0.4, -0.2) is 21.9 Å². The number of nitrogens with one attached hydrogen (secondary N) is 1. The molecule has 1 aromatic carbocycles. The van der Waals surface area contributed by atoms with E-state index in [9.17, 15) is 19.7 Å². The number of carboxylic acids is 1. The molecule has 0 aliphatic rings. The third-order valence-corrected chi connectivity index (χ3v) is 3.70. The highest BCUT2D eigenvalue weighted by molar-refractivity contribution is 7.13. The van der Waals surface area contributed by atoms with Crippen LogP contribution >= 0.6 is 22.9 Å². The van der Waals surface area contributed by atoms with Gasteiger partial charge in [0.05, 0.1) is 21.2 Å². The zero-order valence-corrected chi connectivity index (χ0v) is 11.8. The van der Waals surface area contributed by atoms with Gasteiger partial charge in [-0.15, -0.1) is 0 Å². The monoisotopic (exact) mass is 326 g/mol.